The molecule has 2 heteroatoms. The van der Waals surface area contributed by atoms with E-state index < -0.39 is 0 Å². The summed E-state index contributed by atoms with van der Waals surface area (Å²) in [6, 6.07) is 0.209. The maximum Gasteiger partial charge on any atom is 0.0242 e. The van der Waals surface area contributed by atoms with Gasteiger partial charge in [0.1, 0.15) is 0 Å². The average molecular weight is 140 g/mol. The lowest BCUT2D eigenvalue weighted by atomic mass is 10.1. The van der Waals surface area contributed by atoms with Crippen molar-refractivity contribution in [3.05, 3.63) is 11.3 Å². The van der Waals surface area contributed by atoms with E-state index in [1.54, 1.807) is 0 Å². The van der Waals surface area contributed by atoms with Crippen molar-refractivity contribution in [1.82, 2.24) is 5.32 Å². The highest BCUT2D eigenvalue weighted by molar-refractivity contribution is 5.17. The van der Waals surface area contributed by atoms with Gasteiger partial charge in [-0.25, -0.2) is 0 Å². The zero-order valence-electron chi connectivity index (χ0n) is 6.78. The van der Waals surface area contributed by atoms with Gasteiger partial charge in [-0.2, -0.15) is 0 Å². The lowest BCUT2D eigenvalue weighted by Crippen LogP contribution is -2.20. The van der Waals surface area contributed by atoms with Gasteiger partial charge in [0, 0.05) is 18.3 Å². The van der Waals surface area contributed by atoms with Crippen LogP contribution in [0.1, 0.15) is 26.7 Å². The topological polar surface area (TPSA) is 38.0 Å². The van der Waals surface area contributed by atoms with Gasteiger partial charge >= 0.3 is 0 Å². The van der Waals surface area contributed by atoms with E-state index in [1.165, 1.54) is 24.1 Å². The summed E-state index contributed by atoms with van der Waals surface area (Å²) in [5, 5.41) is 3.34. The van der Waals surface area contributed by atoms with Crippen LogP contribution in [-0.2, 0) is 0 Å². The summed E-state index contributed by atoms with van der Waals surface area (Å²) < 4.78 is 0. The quantitative estimate of drug-likeness (QED) is 0.570. The molecule has 10 heavy (non-hydrogen) atoms. The van der Waals surface area contributed by atoms with Gasteiger partial charge in [-0.3, -0.25) is 0 Å². The van der Waals surface area contributed by atoms with Gasteiger partial charge in [-0.05, 0) is 32.3 Å². The van der Waals surface area contributed by atoms with Crippen molar-refractivity contribution in [2.24, 2.45) is 5.73 Å². The van der Waals surface area contributed by atoms with Crippen LogP contribution in [-0.4, -0.2) is 12.6 Å². The molecule has 1 aliphatic heterocycles. The Hall–Kier alpha value is -0.500. The lowest BCUT2D eigenvalue weighted by Gasteiger charge is -2.09. The highest BCUT2D eigenvalue weighted by Crippen LogP contribution is 2.14. The van der Waals surface area contributed by atoms with Gasteiger partial charge in [-0.1, -0.05) is 0 Å². The minimum Gasteiger partial charge on any atom is -0.388 e. The van der Waals surface area contributed by atoms with Crippen LogP contribution in [0.3, 0.4) is 0 Å². The van der Waals surface area contributed by atoms with Gasteiger partial charge in [0.25, 0.3) is 0 Å². The molecule has 58 valence electrons. The second-order valence-corrected chi connectivity index (χ2v) is 2.98. The van der Waals surface area contributed by atoms with E-state index in [0.29, 0.717) is 0 Å². The molecular formula is C8H16N2. The summed E-state index contributed by atoms with van der Waals surface area (Å²) in [6.07, 6.45) is 2.45. The molecule has 3 N–H and O–H groups in total. The van der Waals surface area contributed by atoms with Gasteiger partial charge in [0.2, 0.25) is 0 Å². The normalized spacial score (nSPS) is 25.9. The number of allylic oxidation sites excluding steroid dienone is 1. The van der Waals surface area contributed by atoms with Crippen molar-refractivity contribution in [2.75, 3.05) is 6.54 Å². The second kappa shape index (κ2) is 3.06. The van der Waals surface area contributed by atoms with Crippen LogP contribution in [0.15, 0.2) is 11.3 Å². The maximum atomic E-state index is 5.72. The number of nitrogens with two attached hydrogens (primary N) is 1. The fourth-order valence-corrected chi connectivity index (χ4v) is 1.20. The zero-order valence-corrected chi connectivity index (χ0v) is 6.78. The molecule has 0 radical (unpaired) electrons. The van der Waals surface area contributed by atoms with Crippen LogP contribution in [0.25, 0.3) is 0 Å². The van der Waals surface area contributed by atoms with E-state index in [1.807, 2.05) is 6.92 Å². The minimum absolute atomic E-state index is 0.209. The van der Waals surface area contributed by atoms with E-state index in [9.17, 15) is 0 Å². The molecule has 0 spiro atoms. The molecule has 1 fully saturated rings. The summed E-state index contributed by atoms with van der Waals surface area (Å²) in [5.74, 6) is 0. The molecule has 0 amide bonds. The fourth-order valence-electron chi connectivity index (χ4n) is 1.20. The molecule has 0 saturated carbocycles. The smallest absolute Gasteiger partial charge is 0.0242 e. The van der Waals surface area contributed by atoms with Gasteiger partial charge in [0.05, 0.1) is 0 Å². The number of nitrogens with one attached hydrogen (secondary N) is 1. The third kappa shape index (κ3) is 1.51. The van der Waals surface area contributed by atoms with E-state index in [2.05, 4.69) is 12.2 Å². The summed E-state index contributed by atoms with van der Waals surface area (Å²) in [7, 11) is 0. The molecule has 1 atom stereocenters. The molecule has 1 rings (SSSR count). The third-order valence-corrected chi connectivity index (χ3v) is 2.10. The average Bonchev–Trinajstić information content (AvgIpc) is 2.36. The molecule has 0 aliphatic carbocycles. The van der Waals surface area contributed by atoms with E-state index in [4.69, 9.17) is 5.73 Å². The van der Waals surface area contributed by atoms with Crippen molar-refractivity contribution >= 4 is 0 Å². The van der Waals surface area contributed by atoms with Crippen LogP contribution >= 0.6 is 0 Å². The first kappa shape index (κ1) is 7.61. The van der Waals surface area contributed by atoms with E-state index >= 15 is 0 Å². The SMILES string of the molecule is C/C(=C1\CCCN1)[C@@H](C)N. The Balaban J connectivity index is 2.63. The van der Waals surface area contributed by atoms with Crippen molar-refractivity contribution in [2.45, 2.75) is 32.7 Å². The van der Waals surface area contributed by atoms with Gasteiger partial charge in [-0.15, -0.1) is 0 Å². The van der Waals surface area contributed by atoms with Crippen molar-refractivity contribution in [1.29, 1.82) is 0 Å². The molecule has 1 saturated heterocycles. The highest BCUT2D eigenvalue weighted by Gasteiger charge is 2.10. The first-order valence-corrected chi connectivity index (χ1v) is 3.91. The Labute approximate surface area is 62.5 Å². The third-order valence-electron chi connectivity index (χ3n) is 2.10. The Kier molecular flexibility index (Phi) is 2.33. The second-order valence-electron chi connectivity index (χ2n) is 2.98. The minimum atomic E-state index is 0.209. The summed E-state index contributed by atoms with van der Waals surface area (Å²) in [4.78, 5) is 0. The number of rotatable bonds is 1. The predicted octanol–water partition coefficient (Wildman–Crippen LogP) is 0.991. The van der Waals surface area contributed by atoms with Crippen molar-refractivity contribution in [3.8, 4) is 0 Å². The van der Waals surface area contributed by atoms with Crippen LogP contribution in [0, 0.1) is 0 Å². The van der Waals surface area contributed by atoms with Crippen LogP contribution in [0.2, 0.25) is 0 Å². The highest BCUT2D eigenvalue weighted by atomic mass is 14.9. The molecule has 2 nitrogen and oxygen atoms in total. The van der Waals surface area contributed by atoms with E-state index in [0.717, 1.165) is 6.54 Å². The van der Waals surface area contributed by atoms with E-state index in [-0.39, 0.29) is 6.04 Å². The monoisotopic (exact) mass is 140 g/mol. The standard InChI is InChI=1S/C8H16N2/c1-6(7(2)9)8-4-3-5-10-8/h7,10H,3-5,9H2,1-2H3/b8-6-/t7-/m1/s1. The van der Waals surface area contributed by atoms with Gasteiger partial charge in [0.15, 0.2) is 0 Å². The molecule has 0 aromatic heterocycles. The molecule has 0 aromatic carbocycles. The van der Waals surface area contributed by atoms with Crippen LogP contribution < -0.4 is 11.1 Å². The number of hydrogen-bond acceptors (Lipinski definition) is 2. The lowest BCUT2D eigenvalue weighted by molar-refractivity contribution is 0.813. The van der Waals surface area contributed by atoms with Crippen LogP contribution in [0.5, 0.6) is 0 Å². The summed E-state index contributed by atoms with van der Waals surface area (Å²) >= 11 is 0. The number of hydrogen-bond donors (Lipinski definition) is 2. The fraction of sp³-hybridized carbons (Fsp3) is 0.750. The summed E-state index contributed by atoms with van der Waals surface area (Å²) in [6.45, 7) is 5.26. The maximum absolute atomic E-state index is 5.72. The summed E-state index contributed by atoms with van der Waals surface area (Å²) in [5.41, 5.74) is 8.41. The molecule has 0 unspecified atom stereocenters. The zero-order chi connectivity index (χ0) is 7.56. The Morgan fingerprint density at radius 1 is 1.70 bits per heavy atom. The molecule has 0 aromatic rings. The molecular weight excluding hydrogens is 124 g/mol. The molecule has 1 heterocycles. The predicted molar refractivity (Wildman–Crippen MR) is 43.6 cm³/mol. The van der Waals surface area contributed by atoms with Crippen molar-refractivity contribution < 1.29 is 0 Å². The first-order chi connectivity index (χ1) is 4.72. The molecule has 1 aliphatic rings. The Morgan fingerprint density at radius 2 is 2.40 bits per heavy atom. The van der Waals surface area contributed by atoms with Gasteiger partial charge < -0.3 is 11.1 Å². The Morgan fingerprint density at radius 3 is 2.80 bits per heavy atom. The Bertz CT molecular complexity index is 139. The van der Waals surface area contributed by atoms with Crippen LogP contribution in [0.4, 0.5) is 0 Å². The van der Waals surface area contributed by atoms with Crippen molar-refractivity contribution in [3.63, 3.8) is 0 Å². The molecule has 0 bridgehead atoms. The first-order valence-electron chi connectivity index (χ1n) is 3.91. The largest absolute Gasteiger partial charge is 0.388 e.